The van der Waals surface area contributed by atoms with Crippen LogP contribution < -0.4 is 16.4 Å². The molecule has 1 aromatic rings. The predicted molar refractivity (Wildman–Crippen MR) is 61.8 cm³/mol. The monoisotopic (exact) mass is 232 g/mol. The van der Waals surface area contributed by atoms with Gasteiger partial charge in [0.1, 0.15) is 0 Å². The van der Waals surface area contributed by atoms with Gasteiger partial charge in [-0.1, -0.05) is 0 Å². The quantitative estimate of drug-likeness (QED) is 0.701. The molecule has 4 N–H and O–H groups in total. The molecule has 0 aliphatic heterocycles. The highest BCUT2D eigenvalue weighted by atomic mass is 16.2. The van der Waals surface area contributed by atoms with Gasteiger partial charge < -0.3 is 16.4 Å². The van der Waals surface area contributed by atoms with Crippen LogP contribution in [0.4, 0.5) is 5.69 Å². The number of benzene rings is 1. The summed E-state index contributed by atoms with van der Waals surface area (Å²) in [5.74, 6) is -1.12. The van der Waals surface area contributed by atoms with Gasteiger partial charge in [-0.3, -0.25) is 9.59 Å². The molecule has 2 amide bonds. The van der Waals surface area contributed by atoms with E-state index in [1.165, 1.54) is 4.90 Å². The number of nitriles is 1. The Hall–Kier alpha value is -2.55. The van der Waals surface area contributed by atoms with Gasteiger partial charge in [0.25, 0.3) is 0 Å². The van der Waals surface area contributed by atoms with Crippen LogP contribution in [-0.4, -0.2) is 24.9 Å². The Morgan fingerprint density at radius 3 is 1.94 bits per heavy atom. The lowest BCUT2D eigenvalue weighted by Crippen LogP contribution is -2.39. The Morgan fingerprint density at radius 2 is 1.59 bits per heavy atom. The summed E-state index contributed by atoms with van der Waals surface area (Å²) in [6.45, 7) is -0.205. The Balaban J connectivity index is 2.91. The molecule has 0 aliphatic rings. The summed E-state index contributed by atoms with van der Waals surface area (Å²) in [5.41, 5.74) is 11.3. The number of rotatable bonds is 5. The van der Waals surface area contributed by atoms with E-state index in [4.69, 9.17) is 16.7 Å². The maximum absolute atomic E-state index is 10.9. The molecule has 0 fully saturated rings. The Bertz CT molecular complexity index is 445. The van der Waals surface area contributed by atoms with Crippen molar-refractivity contribution in [3.05, 3.63) is 29.8 Å². The standard InChI is InChI=1S/C11H12N4O2/c12-5-8-1-3-9(4-2-8)15(6-10(13)16)7-11(14)17/h1-4H,6-7H2,(H2,13,16)(H2,14,17). The maximum atomic E-state index is 10.9. The summed E-state index contributed by atoms with van der Waals surface area (Å²) in [6.07, 6.45) is 0. The number of carbonyl (C=O) groups is 2. The van der Waals surface area contributed by atoms with E-state index < -0.39 is 11.8 Å². The van der Waals surface area contributed by atoms with Crippen LogP contribution in [0.25, 0.3) is 0 Å². The normalized spacial score (nSPS) is 9.35. The predicted octanol–water partition coefficient (Wildman–Crippen LogP) is -0.665. The van der Waals surface area contributed by atoms with Crippen LogP contribution in [0.2, 0.25) is 0 Å². The van der Waals surface area contributed by atoms with Crippen LogP contribution in [0.1, 0.15) is 5.56 Å². The van der Waals surface area contributed by atoms with Gasteiger partial charge >= 0.3 is 0 Å². The molecule has 17 heavy (non-hydrogen) atoms. The Kier molecular flexibility index (Phi) is 4.06. The highest BCUT2D eigenvalue weighted by Gasteiger charge is 2.11. The zero-order valence-corrected chi connectivity index (χ0v) is 9.09. The van der Waals surface area contributed by atoms with Crippen LogP contribution in [0.5, 0.6) is 0 Å². The van der Waals surface area contributed by atoms with Crippen molar-refractivity contribution < 1.29 is 9.59 Å². The summed E-state index contributed by atoms with van der Waals surface area (Å²) in [7, 11) is 0. The van der Waals surface area contributed by atoms with Gasteiger partial charge in [0.15, 0.2) is 0 Å². The number of hydrogen-bond acceptors (Lipinski definition) is 4. The molecule has 1 rings (SSSR count). The van der Waals surface area contributed by atoms with Crippen molar-refractivity contribution in [2.24, 2.45) is 11.5 Å². The van der Waals surface area contributed by atoms with E-state index in [0.717, 1.165) is 0 Å². The number of hydrogen-bond donors (Lipinski definition) is 2. The number of carbonyl (C=O) groups excluding carboxylic acids is 2. The number of nitrogens with two attached hydrogens (primary N) is 2. The molecule has 0 heterocycles. The topological polar surface area (TPSA) is 113 Å². The first-order valence-corrected chi connectivity index (χ1v) is 4.84. The Labute approximate surface area is 98.4 Å². The lowest BCUT2D eigenvalue weighted by molar-refractivity contribution is -0.117. The minimum atomic E-state index is -0.560. The van der Waals surface area contributed by atoms with Crippen molar-refractivity contribution in [3.8, 4) is 6.07 Å². The fourth-order valence-corrected chi connectivity index (χ4v) is 1.36. The molecular formula is C11H12N4O2. The van der Waals surface area contributed by atoms with E-state index in [0.29, 0.717) is 11.3 Å². The fraction of sp³-hybridized carbons (Fsp3) is 0.182. The third-order valence-electron chi connectivity index (χ3n) is 2.05. The molecule has 6 nitrogen and oxygen atoms in total. The zero-order chi connectivity index (χ0) is 12.8. The molecule has 0 bridgehead atoms. The van der Waals surface area contributed by atoms with Crippen LogP contribution >= 0.6 is 0 Å². The fourth-order valence-electron chi connectivity index (χ4n) is 1.36. The Morgan fingerprint density at radius 1 is 1.12 bits per heavy atom. The van der Waals surface area contributed by atoms with Crippen molar-refractivity contribution in [2.45, 2.75) is 0 Å². The summed E-state index contributed by atoms with van der Waals surface area (Å²) >= 11 is 0. The van der Waals surface area contributed by atoms with Crippen molar-refractivity contribution in [1.29, 1.82) is 5.26 Å². The number of amides is 2. The van der Waals surface area contributed by atoms with Gasteiger partial charge in [0.05, 0.1) is 24.7 Å². The van der Waals surface area contributed by atoms with Crippen LogP contribution in [-0.2, 0) is 9.59 Å². The average molecular weight is 232 g/mol. The zero-order valence-electron chi connectivity index (χ0n) is 9.09. The van der Waals surface area contributed by atoms with E-state index in [1.54, 1.807) is 24.3 Å². The molecule has 88 valence electrons. The summed E-state index contributed by atoms with van der Waals surface area (Å²) < 4.78 is 0. The number of primary amides is 2. The van der Waals surface area contributed by atoms with Crippen molar-refractivity contribution in [2.75, 3.05) is 18.0 Å². The second-order valence-corrected chi connectivity index (χ2v) is 3.45. The molecule has 0 atom stereocenters. The average Bonchev–Trinajstić information content (AvgIpc) is 2.27. The number of nitrogens with zero attached hydrogens (tertiary/aromatic N) is 2. The van der Waals surface area contributed by atoms with Gasteiger partial charge in [0.2, 0.25) is 11.8 Å². The third-order valence-corrected chi connectivity index (χ3v) is 2.05. The van der Waals surface area contributed by atoms with Gasteiger partial charge in [-0.2, -0.15) is 5.26 Å². The largest absolute Gasteiger partial charge is 0.368 e. The van der Waals surface area contributed by atoms with Gasteiger partial charge in [0, 0.05) is 5.69 Å². The second-order valence-electron chi connectivity index (χ2n) is 3.45. The van der Waals surface area contributed by atoms with E-state index in [-0.39, 0.29) is 13.1 Å². The second kappa shape index (κ2) is 5.51. The molecule has 0 saturated carbocycles. The smallest absolute Gasteiger partial charge is 0.236 e. The van der Waals surface area contributed by atoms with E-state index in [9.17, 15) is 9.59 Å². The highest BCUT2D eigenvalue weighted by molar-refractivity contribution is 5.84. The molecule has 0 radical (unpaired) electrons. The molecule has 0 saturated heterocycles. The highest BCUT2D eigenvalue weighted by Crippen LogP contribution is 2.14. The van der Waals surface area contributed by atoms with Crippen molar-refractivity contribution in [3.63, 3.8) is 0 Å². The van der Waals surface area contributed by atoms with Gasteiger partial charge in [-0.25, -0.2) is 0 Å². The van der Waals surface area contributed by atoms with Gasteiger partial charge in [-0.05, 0) is 24.3 Å². The minimum Gasteiger partial charge on any atom is -0.368 e. The van der Waals surface area contributed by atoms with Crippen molar-refractivity contribution >= 4 is 17.5 Å². The van der Waals surface area contributed by atoms with Crippen LogP contribution in [0.3, 0.4) is 0 Å². The molecule has 0 aromatic heterocycles. The van der Waals surface area contributed by atoms with Crippen LogP contribution in [0.15, 0.2) is 24.3 Å². The molecule has 0 spiro atoms. The van der Waals surface area contributed by atoms with E-state index in [2.05, 4.69) is 0 Å². The first-order chi connectivity index (χ1) is 8.02. The molecule has 6 heteroatoms. The first kappa shape index (κ1) is 12.5. The van der Waals surface area contributed by atoms with Crippen LogP contribution in [0, 0.1) is 11.3 Å². The van der Waals surface area contributed by atoms with Gasteiger partial charge in [-0.15, -0.1) is 0 Å². The summed E-state index contributed by atoms with van der Waals surface area (Å²) in [6, 6.07) is 8.41. The lowest BCUT2D eigenvalue weighted by Gasteiger charge is -2.21. The minimum absolute atomic E-state index is 0.102. The lowest BCUT2D eigenvalue weighted by atomic mass is 10.2. The van der Waals surface area contributed by atoms with E-state index >= 15 is 0 Å². The third kappa shape index (κ3) is 3.83. The summed E-state index contributed by atoms with van der Waals surface area (Å²) in [4.78, 5) is 23.2. The summed E-state index contributed by atoms with van der Waals surface area (Å²) in [5, 5.41) is 8.65. The molecule has 1 aromatic carbocycles. The first-order valence-electron chi connectivity index (χ1n) is 4.84. The molecule has 0 aliphatic carbocycles. The molecular weight excluding hydrogens is 220 g/mol. The molecule has 0 unspecified atom stereocenters. The van der Waals surface area contributed by atoms with Crippen molar-refractivity contribution in [1.82, 2.24) is 0 Å². The number of anilines is 1. The maximum Gasteiger partial charge on any atom is 0.236 e. The SMILES string of the molecule is N#Cc1ccc(N(CC(N)=O)CC(N)=O)cc1. The van der Waals surface area contributed by atoms with E-state index in [1.807, 2.05) is 6.07 Å².